The monoisotopic (exact) mass is 360 g/mol. The largest absolute Gasteiger partial charge is 0.358 e. The maximum Gasteiger partial charge on any atom is 0.319 e. The summed E-state index contributed by atoms with van der Waals surface area (Å²) in [4.78, 5) is 14.4. The van der Waals surface area contributed by atoms with Crippen LogP contribution in [0.25, 0.3) is 10.9 Å². The molecule has 0 aliphatic rings. The molecule has 0 aliphatic heterocycles. The lowest BCUT2D eigenvalue weighted by atomic mass is 10.2. The van der Waals surface area contributed by atoms with Crippen molar-refractivity contribution in [3.05, 3.63) is 65.9 Å². The zero-order chi connectivity index (χ0) is 18.0. The quantitative estimate of drug-likeness (QED) is 0.664. The summed E-state index contributed by atoms with van der Waals surface area (Å²) in [5, 5.41) is 0.906. The van der Waals surface area contributed by atoms with Crippen LogP contribution < -0.4 is 4.72 Å². The second-order valence-corrected chi connectivity index (χ2v) is 7.59. The average Bonchev–Trinajstić information content (AvgIpc) is 2.96. The molecule has 5 nitrogen and oxygen atoms in total. The average molecular weight is 360 g/mol. The molecule has 1 heterocycles. The number of carbonyl (C=O) groups excluding carboxylic acids is 1. The van der Waals surface area contributed by atoms with E-state index in [0.29, 0.717) is 5.69 Å². The highest BCUT2D eigenvalue weighted by Gasteiger charge is 2.26. The predicted molar refractivity (Wildman–Crippen MR) is 93.4 cm³/mol. The van der Waals surface area contributed by atoms with Crippen LogP contribution in [0.2, 0.25) is 0 Å². The Morgan fingerprint density at radius 1 is 1.16 bits per heavy atom. The topological polar surface area (TPSA) is 79.0 Å². The van der Waals surface area contributed by atoms with Crippen molar-refractivity contribution in [3.8, 4) is 0 Å². The summed E-state index contributed by atoms with van der Waals surface area (Å²) in [5.41, 5.74) is 2.31. The van der Waals surface area contributed by atoms with Gasteiger partial charge in [-0.3, -0.25) is 4.79 Å². The Labute approximate surface area is 144 Å². The van der Waals surface area contributed by atoms with Gasteiger partial charge in [-0.1, -0.05) is 35.9 Å². The van der Waals surface area contributed by atoms with Gasteiger partial charge in [-0.05, 0) is 36.6 Å². The zero-order valence-electron chi connectivity index (χ0n) is 13.5. The molecule has 0 bridgehead atoms. The summed E-state index contributed by atoms with van der Waals surface area (Å²) in [6.45, 7) is 1.83. The van der Waals surface area contributed by atoms with Gasteiger partial charge in [0, 0.05) is 17.6 Å². The third-order valence-corrected chi connectivity index (χ3v) is 5.40. The predicted octanol–water partition coefficient (Wildman–Crippen LogP) is 2.86. The highest BCUT2D eigenvalue weighted by Crippen LogP contribution is 2.17. The van der Waals surface area contributed by atoms with Crippen molar-refractivity contribution < 1.29 is 17.6 Å². The molecule has 0 spiro atoms. The summed E-state index contributed by atoms with van der Waals surface area (Å²) >= 11 is 0. The van der Waals surface area contributed by atoms with E-state index in [9.17, 15) is 17.6 Å². The highest BCUT2D eigenvalue weighted by atomic mass is 32.2. The molecule has 3 aromatic rings. The summed E-state index contributed by atoms with van der Waals surface area (Å²) in [6.07, 6.45) is -0.102. The normalized spacial score (nSPS) is 13.0. The van der Waals surface area contributed by atoms with Crippen molar-refractivity contribution in [1.29, 1.82) is 0 Å². The number of carbonyl (C=O) groups is 1. The molecule has 130 valence electrons. The van der Waals surface area contributed by atoms with Gasteiger partial charge in [0.15, 0.2) is 0 Å². The smallest absolute Gasteiger partial charge is 0.319 e. The van der Waals surface area contributed by atoms with E-state index < -0.39 is 22.1 Å². The van der Waals surface area contributed by atoms with Gasteiger partial charge in [-0.25, -0.2) is 8.42 Å². The Bertz CT molecular complexity index is 977. The maximum atomic E-state index is 13.4. The van der Waals surface area contributed by atoms with Crippen LogP contribution in [0.3, 0.4) is 0 Å². The highest BCUT2D eigenvalue weighted by molar-refractivity contribution is 7.89. The minimum Gasteiger partial charge on any atom is -0.358 e. The number of nitrogens with one attached hydrogen (secondary N) is 2. The fourth-order valence-corrected chi connectivity index (χ4v) is 3.79. The van der Waals surface area contributed by atoms with Gasteiger partial charge in [0.05, 0.1) is 4.90 Å². The molecular formula is C18H17FN2O3S. The summed E-state index contributed by atoms with van der Waals surface area (Å²) in [5.74, 6) is 0. The summed E-state index contributed by atoms with van der Waals surface area (Å²) in [7, 11) is -4.00. The lowest BCUT2D eigenvalue weighted by Crippen LogP contribution is -2.40. The van der Waals surface area contributed by atoms with Gasteiger partial charge in [-0.2, -0.15) is 9.11 Å². The Morgan fingerprint density at radius 2 is 1.84 bits per heavy atom. The summed E-state index contributed by atoms with van der Waals surface area (Å²) < 4.78 is 40.3. The number of halogens is 1. The van der Waals surface area contributed by atoms with Gasteiger partial charge in [0.2, 0.25) is 10.0 Å². The molecule has 2 aromatic carbocycles. The number of fused-ring (bicyclic) bond motifs is 1. The number of aryl methyl sites for hydroxylation is 1. The first-order valence-corrected chi connectivity index (χ1v) is 9.18. The Kier molecular flexibility index (Phi) is 4.69. The van der Waals surface area contributed by atoms with Crippen LogP contribution in [0, 0.1) is 6.92 Å². The lowest BCUT2D eigenvalue weighted by Gasteiger charge is -2.13. The number of sulfonamides is 1. The fraction of sp³-hybridized carbons (Fsp3) is 0.167. The molecule has 0 aliphatic carbocycles. The Hall–Kier alpha value is -2.51. The van der Waals surface area contributed by atoms with E-state index in [2.05, 4.69) is 9.71 Å². The molecule has 0 amide bonds. The first-order chi connectivity index (χ1) is 11.8. The minimum absolute atomic E-state index is 0.0130. The third-order valence-electron chi connectivity index (χ3n) is 3.91. The van der Waals surface area contributed by atoms with Crippen LogP contribution in [-0.2, 0) is 21.2 Å². The van der Waals surface area contributed by atoms with Gasteiger partial charge >= 0.3 is 6.04 Å². The Balaban J connectivity index is 1.83. The minimum atomic E-state index is -4.00. The van der Waals surface area contributed by atoms with Crippen molar-refractivity contribution >= 4 is 27.0 Å². The number of benzene rings is 2. The van der Waals surface area contributed by atoms with Crippen LogP contribution in [-0.4, -0.2) is 25.5 Å². The van der Waals surface area contributed by atoms with Crippen LogP contribution in [0.5, 0.6) is 0 Å². The van der Waals surface area contributed by atoms with Crippen LogP contribution in [0.1, 0.15) is 11.3 Å². The molecule has 0 radical (unpaired) electrons. The van der Waals surface area contributed by atoms with Gasteiger partial charge in [-0.15, -0.1) is 0 Å². The number of hydrogen-bond donors (Lipinski definition) is 2. The van der Waals surface area contributed by atoms with Crippen molar-refractivity contribution in [1.82, 2.24) is 9.71 Å². The van der Waals surface area contributed by atoms with Crippen LogP contribution in [0.4, 0.5) is 4.39 Å². The molecule has 1 atom stereocenters. The van der Waals surface area contributed by atoms with E-state index in [1.165, 1.54) is 12.1 Å². The standard InChI is InChI=1S/C18H17FN2O3S/c1-12-6-8-15(9-7-12)25(23,24)21-17(18(19)22)11-14-10-13-4-2-3-5-16(13)20-14/h2-10,17,20-21H,11H2,1H3/t17-/m0/s1. The number of aromatic nitrogens is 1. The van der Waals surface area contributed by atoms with E-state index >= 15 is 0 Å². The molecular weight excluding hydrogens is 343 g/mol. The number of aromatic amines is 1. The Morgan fingerprint density at radius 3 is 2.48 bits per heavy atom. The molecule has 0 saturated carbocycles. The van der Waals surface area contributed by atoms with E-state index in [1.807, 2.05) is 31.2 Å². The molecule has 0 saturated heterocycles. The zero-order valence-corrected chi connectivity index (χ0v) is 14.3. The number of hydrogen-bond acceptors (Lipinski definition) is 3. The molecule has 7 heteroatoms. The van der Waals surface area contributed by atoms with Crippen molar-refractivity contribution in [2.75, 3.05) is 0 Å². The van der Waals surface area contributed by atoms with Gasteiger partial charge in [0.1, 0.15) is 6.04 Å². The second-order valence-electron chi connectivity index (χ2n) is 5.88. The number of H-pyrrole nitrogens is 1. The van der Waals surface area contributed by atoms with Crippen molar-refractivity contribution in [2.45, 2.75) is 24.3 Å². The third kappa shape index (κ3) is 3.94. The number of rotatable bonds is 6. The van der Waals surface area contributed by atoms with Crippen molar-refractivity contribution in [2.24, 2.45) is 0 Å². The van der Waals surface area contributed by atoms with E-state index in [1.54, 1.807) is 18.2 Å². The fourth-order valence-electron chi connectivity index (χ4n) is 2.60. The molecule has 25 heavy (non-hydrogen) atoms. The van der Waals surface area contributed by atoms with E-state index in [0.717, 1.165) is 16.5 Å². The SMILES string of the molecule is Cc1ccc(S(=O)(=O)N[C@@H](Cc2cc3ccccc3[nH]2)C(=O)F)cc1. The molecule has 0 unspecified atom stereocenters. The van der Waals surface area contributed by atoms with E-state index in [-0.39, 0.29) is 11.3 Å². The first-order valence-electron chi connectivity index (χ1n) is 7.70. The molecule has 3 rings (SSSR count). The van der Waals surface area contributed by atoms with E-state index in [4.69, 9.17) is 0 Å². The first kappa shape index (κ1) is 17.3. The molecule has 2 N–H and O–H groups in total. The van der Waals surface area contributed by atoms with Gasteiger partial charge < -0.3 is 4.98 Å². The van der Waals surface area contributed by atoms with Crippen molar-refractivity contribution in [3.63, 3.8) is 0 Å². The summed E-state index contributed by atoms with van der Waals surface area (Å²) in [6, 6.07) is 12.1. The lowest BCUT2D eigenvalue weighted by molar-refractivity contribution is -0.131. The van der Waals surface area contributed by atoms with Crippen LogP contribution >= 0.6 is 0 Å². The maximum absolute atomic E-state index is 13.4. The molecule has 0 fully saturated rings. The van der Waals surface area contributed by atoms with Crippen LogP contribution in [0.15, 0.2) is 59.5 Å². The molecule has 1 aromatic heterocycles. The second kappa shape index (κ2) is 6.78. The number of para-hydroxylation sites is 1. The van der Waals surface area contributed by atoms with Gasteiger partial charge in [0.25, 0.3) is 0 Å².